The lowest BCUT2D eigenvalue weighted by atomic mass is 10.2. The van der Waals surface area contributed by atoms with Crippen molar-refractivity contribution in [3.63, 3.8) is 0 Å². The van der Waals surface area contributed by atoms with E-state index >= 15 is 0 Å². The Morgan fingerprint density at radius 1 is 1.47 bits per heavy atom. The number of phenolic OH excluding ortho intramolecular Hbond substituents is 1. The van der Waals surface area contributed by atoms with E-state index in [1.165, 1.54) is 0 Å². The maximum atomic E-state index is 9.16. The molecule has 0 aromatic heterocycles. The minimum absolute atomic E-state index is 0.267. The van der Waals surface area contributed by atoms with Crippen molar-refractivity contribution in [1.29, 1.82) is 0 Å². The predicted octanol–water partition coefficient (Wildman–Crippen LogP) is 3.05. The maximum absolute atomic E-state index is 9.16. The van der Waals surface area contributed by atoms with Gasteiger partial charge < -0.3 is 5.11 Å². The Balaban J connectivity index is 2.64. The van der Waals surface area contributed by atoms with Crippen molar-refractivity contribution in [1.82, 2.24) is 4.78 Å². The van der Waals surface area contributed by atoms with Crippen LogP contribution in [-0.2, 0) is 11.8 Å². The third-order valence-electron chi connectivity index (χ3n) is 2.63. The first-order valence-electron chi connectivity index (χ1n) is 5.65. The molecule has 3 nitrogen and oxygen atoms in total. The molecule has 0 amide bonds. The Kier molecular flexibility index (Phi) is 5.66. The van der Waals surface area contributed by atoms with Crippen LogP contribution >= 0.6 is 6.85 Å². The first-order valence-corrected chi connectivity index (χ1v) is 8.31. The summed E-state index contributed by atoms with van der Waals surface area (Å²) in [5, 5.41) is 13.5. The number of rotatable bonds is 5. The monoisotopic (exact) mass is 270 g/mol. The second kappa shape index (κ2) is 6.77. The highest BCUT2D eigenvalue weighted by Gasteiger charge is 2.07. The molecule has 0 saturated carbocycles. The van der Waals surface area contributed by atoms with Gasteiger partial charge in [-0.1, -0.05) is 25.7 Å². The Morgan fingerprint density at radius 3 is 2.59 bits per heavy atom. The average Bonchev–Trinajstić information content (AvgIpc) is 2.35. The lowest BCUT2D eigenvalue weighted by Crippen LogP contribution is -2.07. The molecule has 0 fully saturated rings. The van der Waals surface area contributed by atoms with Crippen LogP contribution in [0.5, 0.6) is 5.75 Å². The molecule has 1 aromatic rings. The second-order valence-corrected chi connectivity index (χ2v) is 7.57. The fourth-order valence-electron chi connectivity index (χ4n) is 1.26. The Morgan fingerprint density at radius 2 is 2.06 bits per heavy atom. The van der Waals surface area contributed by atoms with Gasteiger partial charge in [0.2, 0.25) is 0 Å². The summed E-state index contributed by atoms with van der Waals surface area (Å²) in [6.07, 6.45) is 2.87. The summed E-state index contributed by atoms with van der Waals surface area (Å²) in [5.41, 5.74) is 1.50. The summed E-state index contributed by atoms with van der Waals surface area (Å²) >= 11 is 5.49. The van der Waals surface area contributed by atoms with Crippen LogP contribution in [0.25, 0.3) is 0 Å². The predicted molar refractivity (Wildman–Crippen MR) is 78.9 cm³/mol. The zero-order valence-electron chi connectivity index (χ0n) is 10.4. The Bertz CT molecular complexity index is 405. The van der Waals surface area contributed by atoms with Gasteiger partial charge in [0.1, 0.15) is 5.75 Å². The normalized spacial score (nSPS) is 14.8. The lowest BCUT2D eigenvalue weighted by Gasteiger charge is -2.20. The molecule has 0 heterocycles. The van der Waals surface area contributed by atoms with E-state index in [1.54, 1.807) is 18.3 Å². The molecule has 0 aliphatic heterocycles. The van der Waals surface area contributed by atoms with Crippen molar-refractivity contribution in [2.45, 2.75) is 25.9 Å². The summed E-state index contributed by atoms with van der Waals surface area (Å²) in [5.74, 6) is 0.267. The smallest absolute Gasteiger partial charge is 0.115 e. The molecule has 0 spiro atoms. The number of hydrogen-bond acceptors (Lipinski definition) is 3. The van der Waals surface area contributed by atoms with Crippen LogP contribution in [-0.4, -0.2) is 28.8 Å². The van der Waals surface area contributed by atoms with E-state index < -0.39 is 6.85 Å². The molecule has 1 aromatic carbocycles. The van der Waals surface area contributed by atoms with Crippen LogP contribution in [0, 0.1) is 0 Å². The average molecular weight is 270 g/mol. The Labute approximate surface area is 109 Å². The SMILES string of the molecule is CC[C@H](C)[PH](=S)N(C)/N=C/c1ccc(O)cc1. The van der Waals surface area contributed by atoms with Crippen LogP contribution in [0.4, 0.5) is 0 Å². The molecule has 5 heteroatoms. The minimum Gasteiger partial charge on any atom is -0.508 e. The number of aromatic hydroxyl groups is 1. The molecule has 2 atom stereocenters. The lowest BCUT2D eigenvalue weighted by molar-refractivity contribution is 0.475. The van der Waals surface area contributed by atoms with E-state index in [2.05, 4.69) is 18.9 Å². The van der Waals surface area contributed by atoms with Gasteiger partial charge in [-0.05, 0) is 36.2 Å². The zero-order valence-corrected chi connectivity index (χ0v) is 12.2. The molecular weight excluding hydrogens is 251 g/mol. The molecule has 0 saturated heterocycles. The van der Waals surface area contributed by atoms with Crippen molar-refractivity contribution in [3.05, 3.63) is 29.8 Å². The van der Waals surface area contributed by atoms with E-state index in [9.17, 15) is 0 Å². The number of hydrazone groups is 1. The highest BCUT2D eigenvalue weighted by Crippen LogP contribution is 2.33. The summed E-state index contributed by atoms with van der Waals surface area (Å²) < 4.78 is 1.90. The maximum Gasteiger partial charge on any atom is 0.115 e. The third kappa shape index (κ3) is 4.49. The summed E-state index contributed by atoms with van der Waals surface area (Å²) in [6, 6.07) is 6.95. The number of hydrogen-bond donors (Lipinski definition) is 1. The fraction of sp³-hybridized carbons (Fsp3) is 0.417. The van der Waals surface area contributed by atoms with Crippen molar-refractivity contribution in [3.8, 4) is 5.75 Å². The van der Waals surface area contributed by atoms with Crippen LogP contribution < -0.4 is 0 Å². The van der Waals surface area contributed by atoms with E-state index in [1.807, 2.05) is 24.0 Å². The van der Waals surface area contributed by atoms with Crippen LogP contribution in [0.2, 0.25) is 0 Å². The zero-order chi connectivity index (χ0) is 12.8. The highest BCUT2D eigenvalue weighted by atomic mass is 32.4. The van der Waals surface area contributed by atoms with Gasteiger partial charge in [-0.2, -0.15) is 5.10 Å². The highest BCUT2D eigenvalue weighted by molar-refractivity contribution is 8.04. The minimum atomic E-state index is -1.00. The quantitative estimate of drug-likeness (QED) is 0.507. The van der Waals surface area contributed by atoms with Gasteiger partial charge in [0.05, 0.1) is 6.21 Å². The molecule has 17 heavy (non-hydrogen) atoms. The van der Waals surface area contributed by atoms with E-state index in [0.29, 0.717) is 5.66 Å². The van der Waals surface area contributed by atoms with E-state index in [0.717, 1.165) is 12.0 Å². The summed E-state index contributed by atoms with van der Waals surface area (Å²) in [7, 11) is 1.93. The molecule has 94 valence electrons. The van der Waals surface area contributed by atoms with Gasteiger partial charge in [0.15, 0.2) is 0 Å². The van der Waals surface area contributed by atoms with Gasteiger partial charge in [-0.25, -0.2) is 0 Å². The second-order valence-electron chi connectivity index (χ2n) is 4.01. The number of benzene rings is 1. The standard InChI is InChI=1S/C12H19N2OPS/c1-4-10(2)16(17)14(3)13-9-11-5-7-12(15)8-6-11/h5-10,15-16H,4H2,1-3H3/b13-9+/t10-/m0/s1. The van der Waals surface area contributed by atoms with E-state index in [-0.39, 0.29) is 5.75 Å². The van der Waals surface area contributed by atoms with Gasteiger partial charge in [0.25, 0.3) is 0 Å². The molecule has 0 aliphatic carbocycles. The fourth-order valence-corrected chi connectivity index (χ4v) is 3.06. The van der Waals surface area contributed by atoms with E-state index in [4.69, 9.17) is 16.9 Å². The summed E-state index contributed by atoms with van der Waals surface area (Å²) in [4.78, 5) is 0. The number of phenols is 1. The first-order chi connectivity index (χ1) is 8.04. The van der Waals surface area contributed by atoms with Gasteiger partial charge >= 0.3 is 0 Å². The Hall–Kier alpha value is -0.860. The molecule has 1 unspecified atom stereocenters. The van der Waals surface area contributed by atoms with Gasteiger partial charge in [-0.3, -0.25) is 4.78 Å². The van der Waals surface area contributed by atoms with Crippen molar-refractivity contribution >= 4 is 24.9 Å². The summed E-state index contributed by atoms with van der Waals surface area (Å²) in [6.45, 7) is 3.32. The molecular formula is C12H19N2OPS. The molecule has 0 radical (unpaired) electrons. The third-order valence-corrected chi connectivity index (χ3v) is 6.63. The topological polar surface area (TPSA) is 35.8 Å². The number of nitrogens with zero attached hydrogens (tertiary/aromatic N) is 2. The van der Waals surface area contributed by atoms with Gasteiger partial charge in [-0.15, -0.1) is 0 Å². The van der Waals surface area contributed by atoms with Crippen molar-refractivity contribution in [2.75, 3.05) is 7.05 Å². The van der Waals surface area contributed by atoms with Crippen LogP contribution in [0.3, 0.4) is 0 Å². The van der Waals surface area contributed by atoms with Crippen LogP contribution in [0.1, 0.15) is 25.8 Å². The molecule has 0 bridgehead atoms. The molecule has 1 N–H and O–H groups in total. The van der Waals surface area contributed by atoms with Crippen LogP contribution in [0.15, 0.2) is 29.4 Å². The van der Waals surface area contributed by atoms with Crippen molar-refractivity contribution < 1.29 is 5.11 Å². The first kappa shape index (κ1) is 14.2. The largest absolute Gasteiger partial charge is 0.508 e. The van der Waals surface area contributed by atoms with Crippen molar-refractivity contribution in [2.24, 2.45) is 5.10 Å². The molecule has 1 rings (SSSR count). The molecule has 0 aliphatic rings. The van der Waals surface area contributed by atoms with Gasteiger partial charge in [0, 0.05) is 19.6 Å².